The first kappa shape index (κ1) is 25.3. The predicted octanol–water partition coefficient (Wildman–Crippen LogP) is 9.12. The molecule has 1 aliphatic rings. The second kappa shape index (κ2) is 11.3. The summed E-state index contributed by atoms with van der Waals surface area (Å²) in [7, 11) is 0. The molecule has 186 valence electrons. The summed E-state index contributed by atoms with van der Waals surface area (Å²) in [5, 5.41) is 0. The lowest BCUT2D eigenvalue weighted by molar-refractivity contribution is 0.258. The van der Waals surface area contributed by atoms with E-state index < -0.39 is 23.3 Å². The zero-order valence-corrected chi connectivity index (χ0v) is 20.4. The zero-order chi connectivity index (χ0) is 24.9. The standard InChI is InChI=1S/C30H32F4O/c1-3-19-5-7-20(8-6-19)9-10-23-15-16-24(28(32)27(23)31)21-11-13-22(14-12-21)25-17-18-26(35-4-2)30(34)29(25)33/h11-20H,3-10H2,1-2H3. The number of rotatable bonds is 8. The van der Waals surface area contributed by atoms with E-state index in [1.165, 1.54) is 44.2 Å². The number of ether oxygens (including phenoxy) is 1. The summed E-state index contributed by atoms with van der Waals surface area (Å²) < 4.78 is 63.7. The van der Waals surface area contributed by atoms with Crippen LogP contribution in [0.5, 0.6) is 5.75 Å². The number of benzene rings is 3. The first-order valence-corrected chi connectivity index (χ1v) is 12.6. The van der Waals surface area contributed by atoms with Crippen LogP contribution in [0.25, 0.3) is 22.3 Å². The van der Waals surface area contributed by atoms with Gasteiger partial charge in [0.1, 0.15) is 0 Å². The van der Waals surface area contributed by atoms with Crippen LogP contribution < -0.4 is 4.74 Å². The van der Waals surface area contributed by atoms with Crippen molar-refractivity contribution in [2.24, 2.45) is 11.8 Å². The third kappa shape index (κ3) is 5.55. The summed E-state index contributed by atoms with van der Waals surface area (Å²) in [5.74, 6) is -2.46. The molecule has 0 atom stereocenters. The maximum Gasteiger partial charge on any atom is 0.201 e. The summed E-state index contributed by atoms with van der Waals surface area (Å²) in [6.07, 6.45) is 7.45. The van der Waals surface area contributed by atoms with Crippen molar-refractivity contribution in [3.05, 3.63) is 77.4 Å². The summed E-state index contributed by atoms with van der Waals surface area (Å²) in [6, 6.07) is 12.4. The molecule has 4 rings (SSSR count). The van der Waals surface area contributed by atoms with Crippen molar-refractivity contribution in [1.29, 1.82) is 0 Å². The summed E-state index contributed by atoms with van der Waals surface area (Å²) in [4.78, 5) is 0. The highest BCUT2D eigenvalue weighted by atomic mass is 19.2. The summed E-state index contributed by atoms with van der Waals surface area (Å²) in [5.41, 5.74) is 1.55. The van der Waals surface area contributed by atoms with Gasteiger partial charge < -0.3 is 4.74 Å². The number of halogens is 4. The van der Waals surface area contributed by atoms with Crippen LogP contribution in [0.15, 0.2) is 48.5 Å². The molecule has 0 heterocycles. The molecule has 0 bridgehead atoms. The Morgan fingerprint density at radius 2 is 1.20 bits per heavy atom. The van der Waals surface area contributed by atoms with Crippen LogP contribution in [-0.2, 0) is 6.42 Å². The van der Waals surface area contributed by atoms with Gasteiger partial charge in [-0.25, -0.2) is 13.2 Å². The fourth-order valence-corrected chi connectivity index (χ4v) is 5.14. The van der Waals surface area contributed by atoms with E-state index in [4.69, 9.17) is 4.74 Å². The minimum atomic E-state index is -1.05. The third-order valence-corrected chi connectivity index (χ3v) is 7.38. The summed E-state index contributed by atoms with van der Waals surface area (Å²) >= 11 is 0. The van der Waals surface area contributed by atoms with Crippen LogP contribution in [0.1, 0.15) is 57.9 Å². The van der Waals surface area contributed by atoms with E-state index in [1.54, 1.807) is 43.3 Å². The fourth-order valence-electron chi connectivity index (χ4n) is 5.14. The molecule has 1 fully saturated rings. The molecule has 0 aromatic heterocycles. The molecule has 1 saturated carbocycles. The molecule has 35 heavy (non-hydrogen) atoms. The van der Waals surface area contributed by atoms with E-state index in [1.807, 2.05) is 0 Å². The van der Waals surface area contributed by atoms with Gasteiger partial charge in [-0.3, -0.25) is 0 Å². The van der Waals surface area contributed by atoms with E-state index in [2.05, 4.69) is 6.92 Å². The van der Waals surface area contributed by atoms with Gasteiger partial charge in [0.2, 0.25) is 5.82 Å². The number of aryl methyl sites for hydroxylation is 1. The van der Waals surface area contributed by atoms with Crippen molar-refractivity contribution >= 4 is 0 Å². The lowest BCUT2D eigenvalue weighted by Gasteiger charge is -2.27. The minimum absolute atomic E-state index is 0.0764. The second-order valence-electron chi connectivity index (χ2n) is 9.48. The molecule has 0 spiro atoms. The van der Waals surface area contributed by atoms with E-state index >= 15 is 0 Å². The Hall–Kier alpha value is -2.82. The highest BCUT2D eigenvalue weighted by molar-refractivity contribution is 5.71. The Balaban J connectivity index is 1.48. The second-order valence-corrected chi connectivity index (χ2v) is 9.48. The van der Waals surface area contributed by atoms with Crippen LogP contribution in [0, 0.1) is 35.1 Å². The molecule has 0 amide bonds. The molecule has 1 nitrogen and oxygen atoms in total. The normalized spacial score (nSPS) is 18.0. The van der Waals surface area contributed by atoms with E-state index in [0.717, 1.165) is 12.3 Å². The monoisotopic (exact) mass is 484 g/mol. The lowest BCUT2D eigenvalue weighted by Crippen LogP contribution is -2.14. The lowest BCUT2D eigenvalue weighted by atomic mass is 9.78. The highest BCUT2D eigenvalue weighted by Gasteiger charge is 2.22. The summed E-state index contributed by atoms with van der Waals surface area (Å²) in [6.45, 7) is 4.15. The maximum atomic E-state index is 15.0. The van der Waals surface area contributed by atoms with Crippen LogP contribution in [0.3, 0.4) is 0 Å². The van der Waals surface area contributed by atoms with E-state index in [9.17, 15) is 17.6 Å². The Kier molecular flexibility index (Phi) is 8.15. The van der Waals surface area contributed by atoms with Gasteiger partial charge in [0.15, 0.2) is 23.2 Å². The third-order valence-electron chi connectivity index (χ3n) is 7.38. The van der Waals surface area contributed by atoms with Gasteiger partial charge in [-0.2, -0.15) is 4.39 Å². The zero-order valence-electron chi connectivity index (χ0n) is 20.4. The van der Waals surface area contributed by atoms with Crippen molar-refractivity contribution in [3.8, 4) is 28.0 Å². The fraction of sp³-hybridized carbons (Fsp3) is 0.400. The SMILES string of the molecule is CCOc1ccc(-c2ccc(-c3ccc(CCC4CCC(CC)CC4)c(F)c3F)cc2)c(F)c1F. The number of hydrogen-bond donors (Lipinski definition) is 0. The molecule has 0 saturated heterocycles. The minimum Gasteiger partial charge on any atom is -0.491 e. The molecule has 3 aromatic rings. The molecule has 5 heteroatoms. The van der Waals surface area contributed by atoms with Crippen molar-refractivity contribution in [2.45, 2.75) is 58.8 Å². The molecule has 0 radical (unpaired) electrons. The van der Waals surface area contributed by atoms with Gasteiger partial charge in [0.05, 0.1) is 6.61 Å². The van der Waals surface area contributed by atoms with Crippen molar-refractivity contribution < 1.29 is 22.3 Å². The Bertz CT molecular complexity index is 1150. The topological polar surface area (TPSA) is 9.23 Å². The van der Waals surface area contributed by atoms with Gasteiger partial charge in [0, 0.05) is 11.1 Å². The largest absolute Gasteiger partial charge is 0.491 e. The first-order chi connectivity index (χ1) is 16.9. The average molecular weight is 485 g/mol. The van der Waals surface area contributed by atoms with Crippen LogP contribution in [0.2, 0.25) is 0 Å². The molecular formula is C30H32F4O. The van der Waals surface area contributed by atoms with E-state index in [-0.39, 0.29) is 23.5 Å². The molecular weight excluding hydrogens is 452 g/mol. The molecule has 1 aliphatic carbocycles. The quantitative estimate of drug-likeness (QED) is 0.290. The van der Waals surface area contributed by atoms with Crippen molar-refractivity contribution in [1.82, 2.24) is 0 Å². The Morgan fingerprint density at radius 1 is 0.657 bits per heavy atom. The van der Waals surface area contributed by atoms with Gasteiger partial charge in [-0.05, 0) is 60.4 Å². The van der Waals surface area contributed by atoms with Crippen molar-refractivity contribution in [3.63, 3.8) is 0 Å². The maximum absolute atomic E-state index is 15.0. The van der Waals surface area contributed by atoms with E-state index in [0.29, 0.717) is 29.0 Å². The van der Waals surface area contributed by atoms with Gasteiger partial charge in [0.25, 0.3) is 0 Å². The Labute approximate surface area is 205 Å². The highest BCUT2D eigenvalue weighted by Crippen LogP contribution is 2.35. The van der Waals surface area contributed by atoms with Crippen LogP contribution in [-0.4, -0.2) is 6.61 Å². The van der Waals surface area contributed by atoms with Gasteiger partial charge in [-0.15, -0.1) is 0 Å². The predicted molar refractivity (Wildman–Crippen MR) is 132 cm³/mol. The van der Waals surface area contributed by atoms with Crippen molar-refractivity contribution in [2.75, 3.05) is 6.61 Å². The molecule has 0 aliphatic heterocycles. The Morgan fingerprint density at radius 3 is 1.77 bits per heavy atom. The van der Waals surface area contributed by atoms with Crippen LogP contribution >= 0.6 is 0 Å². The van der Waals surface area contributed by atoms with Crippen LogP contribution in [0.4, 0.5) is 17.6 Å². The van der Waals surface area contributed by atoms with Gasteiger partial charge >= 0.3 is 0 Å². The molecule has 3 aromatic carbocycles. The number of hydrogen-bond acceptors (Lipinski definition) is 1. The molecule has 0 N–H and O–H groups in total. The molecule has 0 unspecified atom stereocenters. The first-order valence-electron chi connectivity index (χ1n) is 12.6. The average Bonchev–Trinajstić information content (AvgIpc) is 2.88. The van der Waals surface area contributed by atoms with Gasteiger partial charge in [-0.1, -0.05) is 75.4 Å². The smallest absolute Gasteiger partial charge is 0.201 e.